The molecule has 1 aliphatic rings. The van der Waals surface area contributed by atoms with Gasteiger partial charge in [-0.3, -0.25) is 10.1 Å². The molecular weight excluding hydrogens is 592 g/mol. The normalized spacial score (nSPS) is 14.3. The molecule has 0 saturated carbocycles. The minimum Gasteiger partial charge on any atom is -0.478 e. The van der Waals surface area contributed by atoms with Gasteiger partial charge in [-0.15, -0.1) is 0 Å². The van der Waals surface area contributed by atoms with Crippen LogP contribution in [0.15, 0.2) is 77.8 Å². The van der Waals surface area contributed by atoms with Crippen LogP contribution in [-0.2, 0) is 14.8 Å². The summed E-state index contributed by atoms with van der Waals surface area (Å²) in [5.74, 6) is -3.74. The van der Waals surface area contributed by atoms with Gasteiger partial charge in [-0.05, 0) is 61.4 Å². The van der Waals surface area contributed by atoms with Crippen molar-refractivity contribution in [3.63, 3.8) is 0 Å². The van der Waals surface area contributed by atoms with Gasteiger partial charge >= 0.3 is 5.97 Å². The molecule has 2 N–H and O–H groups in total. The van der Waals surface area contributed by atoms with Crippen molar-refractivity contribution in [3.8, 4) is 16.6 Å². The number of anilines is 1. The maximum Gasteiger partial charge on any atom is 0.335 e. The summed E-state index contributed by atoms with van der Waals surface area (Å²) in [5.41, 5.74) is 0.299. The second-order valence-electron chi connectivity index (χ2n) is 9.16. The average molecular weight is 616 g/mol. The fraction of sp³-hybridized carbons (Fsp3) is 0.179. The van der Waals surface area contributed by atoms with E-state index in [2.05, 4.69) is 10.3 Å². The Labute approximate surface area is 243 Å². The lowest BCUT2D eigenvalue weighted by Gasteiger charge is -2.20. The van der Waals surface area contributed by atoms with Crippen LogP contribution < -0.4 is 14.8 Å². The maximum absolute atomic E-state index is 14.4. The molecule has 4 aromatic rings. The minimum atomic E-state index is -3.71. The Kier molecular flexibility index (Phi) is 8.47. The number of nitrogens with one attached hydrogen (secondary N) is 1. The summed E-state index contributed by atoms with van der Waals surface area (Å²) in [5, 5.41) is 12.0. The number of thiazole rings is 1. The lowest BCUT2D eigenvalue weighted by atomic mass is 10.1. The van der Waals surface area contributed by atoms with Crippen molar-refractivity contribution in [3.05, 3.63) is 95.7 Å². The molecule has 1 atom stereocenters. The molecule has 14 heteroatoms. The number of halogens is 2. The van der Waals surface area contributed by atoms with Crippen molar-refractivity contribution >= 4 is 38.4 Å². The fourth-order valence-electron chi connectivity index (χ4n) is 4.18. The number of ether oxygens (including phenoxy) is 2. The van der Waals surface area contributed by atoms with Gasteiger partial charge in [0.25, 0.3) is 5.91 Å². The number of benzene rings is 3. The molecule has 10 nitrogen and oxygen atoms in total. The highest BCUT2D eigenvalue weighted by molar-refractivity contribution is 7.89. The van der Waals surface area contributed by atoms with Gasteiger partial charge < -0.3 is 14.6 Å². The van der Waals surface area contributed by atoms with Crippen molar-refractivity contribution in [1.82, 2.24) is 9.29 Å². The molecule has 1 unspecified atom stereocenters. The Balaban J connectivity index is 1.36. The van der Waals surface area contributed by atoms with Crippen LogP contribution in [0, 0.1) is 11.6 Å². The van der Waals surface area contributed by atoms with Crippen LogP contribution in [0.3, 0.4) is 0 Å². The first-order valence-electron chi connectivity index (χ1n) is 12.6. The number of hydrogen-bond acceptors (Lipinski definition) is 8. The Morgan fingerprint density at radius 2 is 1.69 bits per heavy atom. The number of nitrogens with zero attached hydrogens (tertiary/aromatic N) is 2. The van der Waals surface area contributed by atoms with Gasteiger partial charge in [0.15, 0.2) is 16.7 Å². The Bertz CT molecular complexity index is 1710. The zero-order valence-corrected chi connectivity index (χ0v) is 23.3. The van der Waals surface area contributed by atoms with Crippen LogP contribution in [0.5, 0.6) is 16.6 Å². The van der Waals surface area contributed by atoms with Crippen molar-refractivity contribution < 1.29 is 41.4 Å². The van der Waals surface area contributed by atoms with E-state index in [-0.39, 0.29) is 26.2 Å². The molecule has 2 heterocycles. The first-order valence-corrected chi connectivity index (χ1v) is 14.9. The van der Waals surface area contributed by atoms with E-state index in [0.29, 0.717) is 24.9 Å². The highest BCUT2D eigenvalue weighted by Crippen LogP contribution is 2.33. The smallest absolute Gasteiger partial charge is 0.335 e. The zero-order valence-electron chi connectivity index (χ0n) is 21.7. The molecule has 218 valence electrons. The van der Waals surface area contributed by atoms with E-state index in [1.165, 1.54) is 59.0 Å². The van der Waals surface area contributed by atoms with Crippen molar-refractivity contribution in [1.29, 1.82) is 0 Å². The number of carbonyl (C=O) groups excluding carboxylic acids is 1. The Morgan fingerprint density at radius 1 is 1.00 bits per heavy atom. The molecule has 3 aromatic carbocycles. The summed E-state index contributed by atoms with van der Waals surface area (Å²) < 4.78 is 66.5. The lowest BCUT2D eigenvalue weighted by molar-refractivity contribution is -0.123. The number of aromatic carboxylic acids is 1. The maximum atomic E-state index is 14.4. The van der Waals surface area contributed by atoms with Gasteiger partial charge in [-0.25, -0.2) is 27.0 Å². The van der Waals surface area contributed by atoms with Crippen molar-refractivity contribution in [2.45, 2.75) is 23.8 Å². The van der Waals surface area contributed by atoms with Gasteiger partial charge in [0.1, 0.15) is 11.6 Å². The monoisotopic (exact) mass is 615 g/mol. The Hall–Kier alpha value is -4.40. The highest BCUT2D eigenvalue weighted by atomic mass is 32.2. The second kappa shape index (κ2) is 12.2. The molecule has 0 spiro atoms. The van der Waals surface area contributed by atoms with Gasteiger partial charge in [-0.2, -0.15) is 4.31 Å². The molecule has 1 aromatic heterocycles. The number of amides is 1. The van der Waals surface area contributed by atoms with E-state index in [4.69, 9.17) is 14.6 Å². The van der Waals surface area contributed by atoms with Crippen LogP contribution in [0.25, 0.3) is 0 Å². The van der Waals surface area contributed by atoms with Gasteiger partial charge in [0.05, 0.1) is 16.7 Å². The van der Waals surface area contributed by atoms with E-state index in [1.54, 1.807) is 0 Å². The summed E-state index contributed by atoms with van der Waals surface area (Å²) in [7, 11) is -3.71. The molecule has 0 aliphatic carbocycles. The van der Waals surface area contributed by atoms with Crippen LogP contribution in [0.4, 0.5) is 13.9 Å². The third-order valence-corrected chi connectivity index (χ3v) is 9.00. The van der Waals surface area contributed by atoms with E-state index in [0.717, 1.165) is 36.3 Å². The predicted octanol–water partition coefficient (Wildman–Crippen LogP) is 5.46. The fourth-order valence-corrected chi connectivity index (χ4v) is 6.39. The summed E-state index contributed by atoms with van der Waals surface area (Å²) >= 11 is 0.965. The number of hydrogen-bond donors (Lipinski definition) is 2. The first kappa shape index (κ1) is 29.1. The predicted molar refractivity (Wildman–Crippen MR) is 148 cm³/mol. The number of aromatic nitrogens is 1. The summed E-state index contributed by atoms with van der Waals surface area (Å²) in [6.45, 7) is 0.852. The van der Waals surface area contributed by atoms with E-state index in [1.807, 2.05) is 0 Å². The van der Waals surface area contributed by atoms with Gasteiger partial charge in [0.2, 0.25) is 21.2 Å². The summed E-state index contributed by atoms with van der Waals surface area (Å²) in [6.07, 6.45) is 1.43. The Morgan fingerprint density at radius 3 is 2.33 bits per heavy atom. The van der Waals surface area contributed by atoms with Crippen molar-refractivity contribution in [2.75, 3.05) is 18.4 Å². The number of carbonyl (C=O) groups is 2. The van der Waals surface area contributed by atoms with Crippen molar-refractivity contribution in [2.24, 2.45) is 0 Å². The summed E-state index contributed by atoms with van der Waals surface area (Å²) in [6, 6.07) is 13.8. The van der Waals surface area contributed by atoms with Gasteiger partial charge in [-0.1, -0.05) is 23.5 Å². The zero-order chi connectivity index (χ0) is 29.9. The van der Waals surface area contributed by atoms with E-state index >= 15 is 0 Å². The number of carboxylic acid groups (broad SMARTS) is 1. The molecule has 1 saturated heterocycles. The van der Waals surface area contributed by atoms with E-state index < -0.39 is 45.4 Å². The SMILES string of the molecule is O=C(O)c1ccc(Oc2cnc(NC(=O)C(Oc3ccc(F)cc3F)c3ccc(S(=O)(=O)N4CCCC4)cc3)s2)cc1. The molecule has 0 radical (unpaired) electrons. The second-order valence-corrected chi connectivity index (χ2v) is 12.1. The molecule has 1 amide bonds. The topological polar surface area (TPSA) is 135 Å². The quantitative estimate of drug-likeness (QED) is 0.240. The third kappa shape index (κ3) is 6.56. The highest BCUT2D eigenvalue weighted by Gasteiger charge is 2.29. The number of sulfonamides is 1. The molecule has 1 fully saturated rings. The molecule has 0 bridgehead atoms. The largest absolute Gasteiger partial charge is 0.478 e. The van der Waals surface area contributed by atoms with E-state index in [9.17, 15) is 26.8 Å². The van der Waals surface area contributed by atoms with Gasteiger partial charge in [0, 0.05) is 24.7 Å². The van der Waals surface area contributed by atoms with Crippen LogP contribution in [-0.4, -0.2) is 47.8 Å². The first-order chi connectivity index (χ1) is 20.1. The third-order valence-electron chi connectivity index (χ3n) is 6.30. The minimum absolute atomic E-state index is 0.0402. The molecular formula is C28H23F2N3O7S2. The van der Waals surface area contributed by atoms with Crippen LogP contribution in [0.1, 0.15) is 34.9 Å². The molecule has 5 rings (SSSR count). The van der Waals surface area contributed by atoms with Crippen LogP contribution in [0.2, 0.25) is 0 Å². The standard InChI is InChI=1S/C28H23F2N3O7S2/c29-19-7-12-23(22(30)15-19)40-25(17-5-10-21(11-6-17)42(37,38)33-13-1-2-14-33)26(34)32-28-31-16-24(41-28)39-20-8-3-18(4-9-20)27(35)36/h3-12,15-16,25H,1-2,13-14H2,(H,35,36)(H,31,32,34). The number of rotatable bonds is 10. The summed E-state index contributed by atoms with van der Waals surface area (Å²) in [4.78, 5) is 28.5. The lowest BCUT2D eigenvalue weighted by Crippen LogP contribution is -2.28. The number of carboxylic acids is 1. The molecule has 1 aliphatic heterocycles. The molecule has 42 heavy (non-hydrogen) atoms. The average Bonchev–Trinajstić information content (AvgIpc) is 3.66. The van der Waals surface area contributed by atoms with Crippen LogP contribution >= 0.6 is 11.3 Å².